The number of hydrogen-bond donors (Lipinski definition) is 2. The molecule has 0 saturated heterocycles. The first-order valence-corrected chi connectivity index (χ1v) is 10.2. The summed E-state index contributed by atoms with van der Waals surface area (Å²) in [6.07, 6.45) is 2.05. The van der Waals surface area contributed by atoms with Gasteiger partial charge in [0.05, 0.1) is 7.11 Å². The second-order valence-electron chi connectivity index (χ2n) is 7.49. The van der Waals surface area contributed by atoms with Crippen molar-refractivity contribution in [3.8, 4) is 5.75 Å². The van der Waals surface area contributed by atoms with Crippen molar-refractivity contribution in [3.05, 3.63) is 65.9 Å². The van der Waals surface area contributed by atoms with Gasteiger partial charge in [0.1, 0.15) is 11.8 Å². The number of aromatic amines is 1. The van der Waals surface area contributed by atoms with Crippen molar-refractivity contribution in [1.82, 2.24) is 15.2 Å². The second-order valence-corrected chi connectivity index (χ2v) is 7.49. The molecular weight excluding hydrogens is 410 g/mol. The van der Waals surface area contributed by atoms with Crippen LogP contribution in [0.2, 0.25) is 0 Å². The number of benzene rings is 2. The van der Waals surface area contributed by atoms with Crippen molar-refractivity contribution in [2.75, 3.05) is 20.8 Å². The normalized spacial score (nSPS) is 11.6. The van der Waals surface area contributed by atoms with Gasteiger partial charge in [-0.3, -0.25) is 9.59 Å². The summed E-state index contributed by atoms with van der Waals surface area (Å²) in [5.41, 5.74) is 2.65. The Balaban J connectivity index is 1.62. The third-order valence-electron chi connectivity index (χ3n) is 5.12. The number of methoxy groups -OCH3 is 1. The molecule has 0 bridgehead atoms. The summed E-state index contributed by atoms with van der Waals surface area (Å²) in [5, 5.41) is 3.58. The van der Waals surface area contributed by atoms with Crippen molar-refractivity contribution in [2.45, 2.75) is 25.9 Å². The Morgan fingerprint density at radius 3 is 2.53 bits per heavy atom. The number of hydrogen-bond acceptors (Lipinski definition) is 5. The molecule has 0 aliphatic carbocycles. The van der Waals surface area contributed by atoms with Crippen molar-refractivity contribution in [1.29, 1.82) is 0 Å². The van der Waals surface area contributed by atoms with E-state index in [1.165, 1.54) is 11.8 Å². The number of nitrogens with one attached hydrogen (secondary N) is 2. The van der Waals surface area contributed by atoms with E-state index in [2.05, 4.69) is 10.3 Å². The third-order valence-corrected chi connectivity index (χ3v) is 5.12. The number of likely N-dealkylation sites (N-methyl/N-ethyl adjacent to an activating group) is 1. The van der Waals surface area contributed by atoms with E-state index in [1.54, 1.807) is 20.4 Å². The summed E-state index contributed by atoms with van der Waals surface area (Å²) >= 11 is 0. The van der Waals surface area contributed by atoms with Gasteiger partial charge in [-0.2, -0.15) is 0 Å². The van der Waals surface area contributed by atoms with Gasteiger partial charge in [-0.15, -0.1) is 0 Å². The largest absolute Gasteiger partial charge is 0.496 e. The maximum Gasteiger partial charge on any atom is 0.329 e. The van der Waals surface area contributed by atoms with Crippen LogP contribution in [-0.4, -0.2) is 54.5 Å². The van der Waals surface area contributed by atoms with E-state index in [-0.39, 0.29) is 18.2 Å². The minimum atomic E-state index is -0.904. The highest BCUT2D eigenvalue weighted by atomic mass is 16.5. The van der Waals surface area contributed by atoms with Crippen molar-refractivity contribution in [2.24, 2.45) is 0 Å². The van der Waals surface area contributed by atoms with E-state index in [4.69, 9.17) is 9.47 Å². The van der Waals surface area contributed by atoms with Crippen molar-refractivity contribution < 1.29 is 23.9 Å². The molecule has 32 heavy (non-hydrogen) atoms. The van der Waals surface area contributed by atoms with Crippen LogP contribution in [0.5, 0.6) is 5.75 Å². The number of fused-ring (bicyclic) bond motifs is 1. The standard InChI is InChI=1S/C24H27N3O5/c1-16(28)26-21(12-18-13-25-20-10-6-5-9-19(18)20)24(30)32-15-23(29)27(2)14-17-8-4-7-11-22(17)31-3/h4-11,13,21,25H,12,14-15H2,1-3H3,(H,26,28)/t21-/m0/s1. The summed E-state index contributed by atoms with van der Waals surface area (Å²) in [7, 11) is 3.19. The first-order valence-electron chi connectivity index (χ1n) is 10.2. The summed E-state index contributed by atoms with van der Waals surface area (Å²) in [5.74, 6) is -0.706. The molecule has 1 aromatic heterocycles. The van der Waals surface area contributed by atoms with Crippen molar-refractivity contribution >= 4 is 28.7 Å². The van der Waals surface area contributed by atoms with Gasteiger partial charge in [-0.25, -0.2) is 4.79 Å². The van der Waals surface area contributed by atoms with Gasteiger partial charge in [-0.1, -0.05) is 36.4 Å². The van der Waals surface area contributed by atoms with E-state index < -0.39 is 18.6 Å². The van der Waals surface area contributed by atoms with Gasteiger partial charge in [0.15, 0.2) is 6.61 Å². The predicted molar refractivity (Wildman–Crippen MR) is 120 cm³/mol. The highest BCUT2D eigenvalue weighted by Gasteiger charge is 2.24. The van der Waals surface area contributed by atoms with Crippen LogP contribution in [-0.2, 0) is 32.1 Å². The number of nitrogens with zero attached hydrogens (tertiary/aromatic N) is 1. The number of aromatic nitrogens is 1. The number of esters is 1. The first-order chi connectivity index (χ1) is 15.4. The molecule has 2 amide bonds. The van der Waals surface area contributed by atoms with E-state index in [1.807, 2.05) is 48.5 Å². The fourth-order valence-corrected chi connectivity index (χ4v) is 3.48. The highest BCUT2D eigenvalue weighted by Crippen LogP contribution is 2.20. The summed E-state index contributed by atoms with van der Waals surface area (Å²) in [6, 6.07) is 14.2. The molecule has 0 aliphatic rings. The Labute approximate surface area is 186 Å². The minimum absolute atomic E-state index is 0.244. The van der Waals surface area contributed by atoms with Crippen molar-refractivity contribution in [3.63, 3.8) is 0 Å². The van der Waals surface area contributed by atoms with Gasteiger partial charge in [0.2, 0.25) is 5.91 Å². The number of carbonyl (C=O) groups excluding carboxylic acids is 3. The minimum Gasteiger partial charge on any atom is -0.496 e. The lowest BCUT2D eigenvalue weighted by atomic mass is 10.0. The van der Waals surface area contributed by atoms with Crippen LogP contribution in [0.15, 0.2) is 54.7 Å². The third kappa shape index (κ3) is 5.66. The predicted octanol–water partition coefficient (Wildman–Crippen LogP) is 2.43. The van der Waals surface area contributed by atoms with Crippen LogP contribution < -0.4 is 10.1 Å². The number of para-hydroxylation sites is 2. The van der Waals surface area contributed by atoms with E-state index in [0.29, 0.717) is 12.3 Å². The van der Waals surface area contributed by atoms with Crippen LogP contribution >= 0.6 is 0 Å². The average Bonchev–Trinajstić information content (AvgIpc) is 3.19. The molecule has 0 aliphatic heterocycles. The molecule has 0 fully saturated rings. The molecule has 1 heterocycles. The molecule has 2 aromatic carbocycles. The van der Waals surface area contributed by atoms with Gasteiger partial charge >= 0.3 is 5.97 Å². The number of rotatable bonds is 9. The SMILES string of the molecule is COc1ccccc1CN(C)C(=O)COC(=O)[C@H](Cc1c[nH]c2ccccc12)NC(C)=O. The Morgan fingerprint density at radius 2 is 1.78 bits per heavy atom. The molecule has 0 saturated carbocycles. The molecule has 168 valence electrons. The average molecular weight is 437 g/mol. The monoisotopic (exact) mass is 437 g/mol. The van der Waals surface area contributed by atoms with Crippen LogP contribution in [0.4, 0.5) is 0 Å². The smallest absolute Gasteiger partial charge is 0.329 e. The fourth-order valence-electron chi connectivity index (χ4n) is 3.48. The lowest BCUT2D eigenvalue weighted by Crippen LogP contribution is -2.43. The Morgan fingerprint density at radius 1 is 1.06 bits per heavy atom. The number of carbonyl (C=O) groups is 3. The van der Waals surface area contributed by atoms with Gasteiger partial charge < -0.3 is 24.7 Å². The zero-order valence-corrected chi connectivity index (χ0v) is 18.4. The molecular formula is C24H27N3O5. The topological polar surface area (TPSA) is 101 Å². The lowest BCUT2D eigenvalue weighted by molar-refractivity contribution is -0.154. The highest BCUT2D eigenvalue weighted by molar-refractivity contribution is 5.88. The number of amides is 2. The maximum atomic E-state index is 12.7. The first kappa shape index (κ1) is 22.9. The fraction of sp³-hybridized carbons (Fsp3) is 0.292. The van der Waals surface area contributed by atoms with Gasteiger partial charge in [-0.05, 0) is 17.7 Å². The zero-order chi connectivity index (χ0) is 23.1. The van der Waals surface area contributed by atoms with Crippen LogP contribution in [0, 0.1) is 0 Å². The number of H-pyrrole nitrogens is 1. The van der Waals surface area contributed by atoms with Crippen LogP contribution in [0.3, 0.4) is 0 Å². The maximum absolute atomic E-state index is 12.7. The summed E-state index contributed by atoms with van der Waals surface area (Å²) in [4.78, 5) is 41.4. The molecule has 0 spiro atoms. The molecule has 0 radical (unpaired) electrons. The van der Waals surface area contributed by atoms with Gasteiger partial charge in [0, 0.05) is 49.6 Å². The lowest BCUT2D eigenvalue weighted by Gasteiger charge is -2.20. The number of ether oxygens (including phenoxy) is 2. The molecule has 3 rings (SSSR count). The quantitative estimate of drug-likeness (QED) is 0.501. The molecule has 8 nitrogen and oxygen atoms in total. The zero-order valence-electron chi connectivity index (χ0n) is 18.4. The molecule has 0 unspecified atom stereocenters. The summed E-state index contributed by atoms with van der Waals surface area (Å²) < 4.78 is 10.6. The van der Waals surface area contributed by atoms with E-state index in [9.17, 15) is 14.4 Å². The van der Waals surface area contributed by atoms with Crippen LogP contribution in [0.25, 0.3) is 10.9 Å². The van der Waals surface area contributed by atoms with E-state index >= 15 is 0 Å². The molecule has 2 N–H and O–H groups in total. The summed E-state index contributed by atoms with van der Waals surface area (Å²) in [6.45, 7) is 1.22. The Hall–Kier alpha value is -3.81. The van der Waals surface area contributed by atoms with Crippen LogP contribution in [0.1, 0.15) is 18.1 Å². The van der Waals surface area contributed by atoms with Gasteiger partial charge in [0.25, 0.3) is 5.91 Å². The molecule has 3 aromatic rings. The van der Waals surface area contributed by atoms with E-state index in [0.717, 1.165) is 22.0 Å². The second kappa shape index (κ2) is 10.5. The Bertz CT molecular complexity index is 1110. The molecule has 8 heteroatoms. The molecule has 1 atom stereocenters. The Kier molecular flexibility index (Phi) is 7.49.